The second kappa shape index (κ2) is 4.53. The molecule has 0 atom stereocenters. The molecule has 4 heteroatoms. The summed E-state index contributed by atoms with van der Waals surface area (Å²) < 4.78 is 2.24. The van der Waals surface area contributed by atoms with E-state index >= 15 is 0 Å². The summed E-state index contributed by atoms with van der Waals surface area (Å²) in [5, 5.41) is 8.50. The summed E-state index contributed by atoms with van der Waals surface area (Å²) in [5.74, 6) is 1.96. The molecule has 18 heavy (non-hydrogen) atoms. The van der Waals surface area contributed by atoms with Crippen molar-refractivity contribution >= 4 is 0 Å². The lowest BCUT2D eigenvalue weighted by Gasteiger charge is -2.08. The summed E-state index contributed by atoms with van der Waals surface area (Å²) >= 11 is 0. The number of nitrogens with zero attached hydrogens (tertiary/aromatic N) is 3. The van der Waals surface area contributed by atoms with Gasteiger partial charge in [0.05, 0.1) is 6.54 Å². The zero-order valence-electron chi connectivity index (χ0n) is 10.6. The molecule has 1 aliphatic carbocycles. The highest BCUT2D eigenvalue weighted by atomic mass is 15.3. The van der Waals surface area contributed by atoms with Gasteiger partial charge < -0.3 is 10.3 Å². The molecular weight excluding hydrogens is 224 g/mol. The van der Waals surface area contributed by atoms with E-state index in [-0.39, 0.29) is 0 Å². The van der Waals surface area contributed by atoms with Crippen molar-refractivity contribution in [3.05, 3.63) is 47.0 Å². The first-order chi connectivity index (χ1) is 8.78. The Kier molecular flexibility index (Phi) is 2.88. The lowest BCUT2D eigenvalue weighted by Crippen LogP contribution is -2.10. The number of hydrogen-bond acceptors (Lipinski definition) is 3. The van der Waals surface area contributed by atoms with Crippen LogP contribution < -0.4 is 5.73 Å². The van der Waals surface area contributed by atoms with E-state index in [1.165, 1.54) is 24.0 Å². The van der Waals surface area contributed by atoms with Crippen LogP contribution in [0, 0.1) is 6.92 Å². The van der Waals surface area contributed by atoms with Gasteiger partial charge in [0.25, 0.3) is 0 Å². The molecule has 1 aliphatic rings. The molecule has 1 heterocycles. The molecule has 1 aromatic heterocycles. The number of rotatable bonds is 4. The summed E-state index contributed by atoms with van der Waals surface area (Å²) in [5.41, 5.74) is 8.28. The summed E-state index contributed by atoms with van der Waals surface area (Å²) in [6.45, 7) is 2.57. The summed E-state index contributed by atoms with van der Waals surface area (Å²) in [4.78, 5) is 0. The van der Waals surface area contributed by atoms with E-state index in [1.807, 2.05) is 0 Å². The quantitative estimate of drug-likeness (QED) is 0.891. The highest BCUT2D eigenvalue weighted by Crippen LogP contribution is 2.36. The Balaban J connectivity index is 1.88. The molecule has 0 saturated heterocycles. The monoisotopic (exact) mass is 242 g/mol. The molecule has 1 saturated carbocycles. The van der Waals surface area contributed by atoms with Crippen molar-refractivity contribution in [2.75, 3.05) is 0 Å². The standard InChI is InChI=1S/C14H18N4/c1-10-2-4-11(5-3-10)8-13-16-17-14(9-15)18(13)12-6-7-12/h2-5,12H,6-9,15H2,1H3. The number of hydrogen-bond donors (Lipinski definition) is 1. The zero-order valence-corrected chi connectivity index (χ0v) is 10.6. The lowest BCUT2D eigenvalue weighted by atomic mass is 10.1. The lowest BCUT2D eigenvalue weighted by molar-refractivity contribution is 0.652. The van der Waals surface area contributed by atoms with Gasteiger partial charge in [-0.3, -0.25) is 0 Å². The molecule has 0 aliphatic heterocycles. The minimum Gasteiger partial charge on any atom is -0.324 e. The van der Waals surface area contributed by atoms with Gasteiger partial charge in [-0.1, -0.05) is 29.8 Å². The molecule has 0 spiro atoms. The third-order valence-corrected chi connectivity index (χ3v) is 3.41. The normalized spacial score (nSPS) is 15.0. The van der Waals surface area contributed by atoms with Crippen molar-refractivity contribution in [2.24, 2.45) is 5.73 Å². The fraction of sp³-hybridized carbons (Fsp3) is 0.429. The van der Waals surface area contributed by atoms with Crippen LogP contribution in [-0.4, -0.2) is 14.8 Å². The molecule has 4 nitrogen and oxygen atoms in total. The van der Waals surface area contributed by atoms with E-state index < -0.39 is 0 Å². The van der Waals surface area contributed by atoms with Crippen molar-refractivity contribution in [1.82, 2.24) is 14.8 Å². The largest absolute Gasteiger partial charge is 0.324 e. The van der Waals surface area contributed by atoms with E-state index in [2.05, 4.69) is 46.0 Å². The molecule has 2 N–H and O–H groups in total. The molecule has 3 rings (SSSR count). The van der Waals surface area contributed by atoms with E-state index in [4.69, 9.17) is 5.73 Å². The fourth-order valence-electron chi connectivity index (χ4n) is 2.26. The molecule has 0 unspecified atom stereocenters. The van der Waals surface area contributed by atoms with Crippen LogP contribution in [0.5, 0.6) is 0 Å². The first-order valence-electron chi connectivity index (χ1n) is 6.46. The zero-order chi connectivity index (χ0) is 12.5. The maximum atomic E-state index is 5.72. The highest BCUT2D eigenvalue weighted by molar-refractivity contribution is 5.24. The molecule has 94 valence electrons. The minimum absolute atomic E-state index is 0.470. The third kappa shape index (κ3) is 2.16. The molecular formula is C14H18N4. The van der Waals surface area contributed by atoms with Crippen molar-refractivity contribution in [1.29, 1.82) is 0 Å². The average molecular weight is 242 g/mol. The van der Waals surface area contributed by atoms with Crippen LogP contribution in [0.1, 0.15) is 41.7 Å². The second-order valence-electron chi connectivity index (χ2n) is 5.00. The van der Waals surface area contributed by atoms with Gasteiger partial charge in [-0.2, -0.15) is 0 Å². The SMILES string of the molecule is Cc1ccc(Cc2nnc(CN)n2C2CC2)cc1. The van der Waals surface area contributed by atoms with Gasteiger partial charge in [0.1, 0.15) is 11.6 Å². The Morgan fingerprint density at radius 2 is 1.83 bits per heavy atom. The van der Waals surface area contributed by atoms with Crippen LogP contribution >= 0.6 is 0 Å². The maximum absolute atomic E-state index is 5.72. The van der Waals surface area contributed by atoms with Crippen LogP contribution in [0.15, 0.2) is 24.3 Å². The Labute approximate surface area is 107 Å². The van der Waals surface area contributed by atoms with Crippen LogP contribution in [0.3, 0.4) is 0 Å². The number of aryl methyl sites for hydroxylation is 1. The molecule has 1 aromatic carbocycles. The second-order valence-corrected chi connectivity index (χ2v) is 5.00. The van der Waals surface area contributed by atoms with Crippen LogP contribution in [0.4, 0.5) is 0 Å². The van der Waals surface area contributed by atoms with Crippen molar-refractivity contribution in [3.63, 3.8) is 0 Å². The number of nitrogens with two attached hydrogens (primary N) is 1. The minimum atomic E-state index is 0.470. The summed E-state index contributed by atoms with van der Waals surface area (Å²) in [7, 11) is 0. The smallest absolute Gasteiger partial charge is 0.147 e. The van der Waals surface area contributed by atoms with Crippen molar-refractivity contribution in [2.45, 2.75) is 38.8 Å². The number of benzene rings is 1. The van der Waals surface area contributed by atoms with Gasteiger partial charge in [-0.25, -0.2) is 0 Å². The predicted octanol–water partition coefficient (Wildman–Crippen LogP) is 1.97. The molecule has 0 radical (unpaired) electrons. The van der Waals surface area contributed by atoms with Gasteiger partial charge in [0.2, 0.25) is 0 Å². The third-order valence-electron chi connectivity index (χ3n) is 3.41. The van der Waals surface area contributed by atoms with Gasteiger partial charge in [-0.15, -0.1) is 10.2 Å². The average Bonchev–Trinajstić information content (AvgIpc) is 3.14. The van der Waals surface area contributed by atoms with Crippen LogP contribution in [-0.2, 0) is 13.0 Å². The Morgan fingerprint density at radius 3 is 2.44 bits per heavy atom. The first kappa shape index (κ1) is 11.4. The van der Waals surface area contributed by atoms with Gasteiger partial charge in [0.15, 0.2) is 0 Å². The fourth-order valence-corrected chi connectivity index (χ4v) is 2.26. The van der Waals surface area contributed by atoms with E-state index in [1.54, 1.807) is 0 Å². The Bertz CT molecular complexity index is 537. The molecule has 0 amide bonds. The molecule has 0 bridgehead atoms. The molecule has 1 fully saturated rings. The maximum Gasteiger partial charge on any atom is 0.147 e. The number of aromatic nitrogens is 3. The van der Waals surface area contributed by atoms with E-state index in [0.29, 0.717) is 12.6 Å². The van der Waals surface area contributed by atoms with Gasteiger partial charge in [0, 0.05) is 12.5 Å². The highest BCUT2D eigenvalue weighted by Gasteiger charge is 2.28. The van der Waals surface area contributed by atoms with Crippen molar-refractivity contribution in [3.8, 4) is 0 Å². The van der Waals surface area contributed by atoms with E-state index in [0.717, 1.165) is 18.1 Å². The van der Waals surface area contributed by atoms with Crippen LogP contribution in [0.25, 0.3) is 0 Å². The summed E-state index contributed by atoms with van der Waals surface area (Å²) in [6, 6.07) is 9.17. The van der Waals surface area contributed by atoms with Crippen molar-refractivity contribution < 1.29 is 0 Å². The van der Waals surface area contributed by atoms with Crippen LogP contribution in [0.2, 0.25) is 0 Å². The topological polar surface area (TPSA) is 56.7 Å². The van der Waals surface area contributed by atoms with Gasteiger partial charge >= 0.3 is 0 Å². The summed E-state index contributed by atoms with van der Waals surface area (Å²) in [6.07, 6.45) is 3.29. The van der Waals surface area contributed by atoms with Gasteiger partial charge in [-0.05, 0) is 25.3 Å². The van der Waals surface area contributed by atoms with E-state index in [9.17, 15) is 0 Å². The first-order valence-corrected chi connectivity index (χ1v) is 6.46. The Morgan fingerprint density at radius 1 is 1.17 bits per heavy atom. The molecule has 2 aromatic rings. The predicted molar refractivity (Wildman–Crippen MR) is 70.2 cm³/mol. The Hall–Kier alpha value is -1.68.